The highest BCUT2D eigenvalue weighted by molar-refractivity contribution is 5.88. The predicted molar refractivity (Wildman–Crippen MR) is 91.0 cm³/mol. The molecule has 0 saturated carbocycles. The van der Waals surface area contributed by atoms with Crippen molar-refractivity contribution in [2.45, 2.75) is 20.8 Å². The van der Waals surface area contributed by atoms with E-state index in [0.29, 0.717) is 17.4 Å². The summed E-state index contributed by atoms with van der Waals surface area (Å²) >= 11 is 0. The molecule has 0 aliphatic heterocycles. The highest BCUT2D eigenvalue weighted by atomic mass is 16.5. The number of hydrogen-bond donors (Lipinski definition) is 2. The van der Waals surface area contributed by atoms with E-state index in [1.165, 1.54) is 6.92 Å². The van der Waals surface area contributed by atoms with Crippen molar-refractivity contribution in [3.8, 4) is 11.4 Å². The van der Waals surface area contributed by atoms with Crippen molar-refractivity contribution in [3.05, 3.63) is 48.0 Å². The summed E-state index contributed by atoms with van der Waals surface area (Å²) in [5.74, 6) is 1.80. The number of carbonyl (C=O) groups is 1. The number of aryl methyl sites for hydroxylation is 2. The zero-order valence-electron chi connectivity index (χ0n) is 13.6. The highest BCUT2D eigenvalue weighted by Gasteiger charge is 2.14. The topological polar surface area (TPSA) is 92.9 Å². The quantitative estimate of drug-likeness (QED) is 0.764. The minimum absolute atomic E-state index is 0.101. The fourth-order valence-electron chi connectivity index (χ4n) is 2.34. The summed E-state index contributed by atoms with van der Waals surface area (Å²) in [6.45, 7) is 5.17. The Hall–Kier alpha value is -3.22. The Labute approximate surface area is 139 Å². The monoisotopic (exact) mass is 323 g/mol. The lowest BCUT2D eigenvalue weighted by Crippen LogP contribution is -2.05. The minimum atomic E-state index is -0.101. The maximum absolute atomic E-state index is 11.0. The van der Waals surface area contributed by atoms with Gasteiger partial charge in [0.1, 0.15) is 11.6 Å². The van der Waals surface area contributed by atoms with Crippen molar-refractivity contribution < 1.29 is 9.32 Å². The first-order valence-corrected chi connectivity index (χ1v) is 7.44. The number of nitrogens with one attached hydrogen (secondary N) is 2. The number of nitrogens with zero attached hydrogens (tertiary/aromatic N) is 3. The van der Waals surface area contributed by atoms with Gasteiger partial charge in [-0.25, -0.2) is 9.97 Å². The second kappa shape index (κ2) is 6.49. The SMILES string of the molecule is CC(=O)Nc1ccc(Nc2ccnc(-c3c(C)noc3C)n2)cc1. The molecule has 24 heavy (non-hydrogen) atoms. The maximum Gasteiger partial charge on any atom is 0.221 e. The molecule has 0 atom stereocenters. The van der Waals surface area contributed by atoms with Crippen molar-refractivity contribution in [2.24, 2.45) is 0 Å². The molecule has 7 nitrogen and oxygen atoms in total. The molecule has 0 aliphatic rings. The molecule has 0 spiro atoms. The largest absolute Gasteiger partial charge is 0.361 e. The van der Waals surface area contributed by atoms with Gasteiger partial charge in [0.15, 0.2) is 5.82 Å². The Bertz CT molecular complexity index is 851. The molecule has 122 valence electrons. The average molecular weight is 323 g/mol. The Kier molecular flexibility index (Phi) is 4.24. The molecule has 2 heterocycles. The van der Waals surface area contributed by atoms with E-state index in [4.69, 9.17) is 4.52 Å². The third-order valence-electron chi connectivity index (χ3n) is 3.39. The Morgan fingerprint density at radius 2 is 1.79 bits per heavy atom. The van der Waals surface area contributed by atoms with Crippen molar-refractivity contribution >= 4 is 23.1 Å². The molecular formula is C17H17N5O2. The van der Waals surface area contributed by atoms with Gasteiger partial charge in [0.05, 0.1) is 11.3 Å². The van der Waals surface area contributed by atoms with E-state index in [2.05, 4.69) is 25.8 Å². The van der Waals surface area contributed by atoms with Crippen molar-refractivity contribution in [3.63, 3.8) is 0 Å². The number of rotatable bonds is 4. The van der Waals surface area contributed by atoms with Gasteiger partial charge in [-0.1, -0.05) is 5.16 Å². The smallest absolute Gasteiger partial charge is 0.221 e. The first-order valence-electron chi connectivity index (χ1n) is 7.44. The Morgan fingerprint density at radius 1 is 1.08 bits per heavy atom. The molecule has 0 fully saturated rings. The van der Waals surface area contributed by atoms with Gasteiger partial charge in [0.25, 0.3) is 0 Å². The van der Waals surface area contributed by atoms with Crippen LogP contribution in [0.3, 0.4) is 0 Å². The van der Waals surface area contributed by atoms with Crippen LogP contribution in [0.1, 0.15) is 18.4 Å². The van der Waals surface area contributed by atoms with Crippen LogP contribution in [-0.2, 0) is 4.79 Å². The lowest BCUT2D eigenvalue weighted by atomic mass is 10.2. The summed E-state index contributed by atoms with van der Waals surface area (Å²) in [4.78, 5) is 19.8. The fourth-order valence-corrected chi connectivity index (χ4v) is 2.34. The Balaban J connectivity index is 1.81. The number of anilines is 3. The summed E-state index contributed by atoms with van der Waals surface area (Å²) < 4.78 is 5.17. The molecule has 2 N–H and O–H groups in total. The van der Waals surface area contributed by atoms with Crippen LogP contribution in [0.4, 0.5) is 17.2 Å². The second-order valence-electron chi connectivity index (χ2n) is 5.35. The molecule has 7 heteroatoms. The van der Waals surface area contributed by atoms with Crippen LogP contribution in [-0.4, -0.2) is 21.0 Å². The molecule has 0 radical (unpaired) electrons. The summed E-state index contributed by atoms with van der Waals surface area (Å²) in [6, 6.07) is 9.15. The minimum Gasteiger partial charge on any atom is -0.361 e. The molecule has 2 aromatic heterocycles. The van der Waals surface area contributed by atoms with E-state index < -0.39 is 0 Å². The van der Waals surface area contributed by atoms with Crippen LogP contribution in [0.5, 0.6) is 0 Å². The lowest BCUT2D eigenvalue weighted by molar-refractivity contribution is -0.114. The van der Waals surface area contributed by atoms with Crippen molar-refractivity contribution in [2.75, 3.05) is 10.6 Å². The van der Waals surface area contributed by atoms with E-state index in [9.17, 15) is 4.79 Å². The maximum atomic E-state index is 11.0. The van der Waals surface area contributed by atoms with Crippen molar-refractivity contribution in [1.82, 2.24) is 15.1 Å². The first kappa shape index (κ1) is 15.7. The first-order chi connectivity index (χ1) is 11.5. The standard InChI is InChI=1S/C17H17N5O2/c1-10-16(11(2)24-22-10)17-18-9-8-15(21-17)20-14-6-4-13(5-7-14)19-12(3)23/h4-9H,1-3H3,(H,19,23)(H,18,20,21). The van der Waals surface area contributed by atoms with Crippen LogP contribution in [0, 0.1) is 13.8 Å². The van der Waals surface area contributed by atoms with E-state index >= 15 is 0 Å². The molecule has 1 amide bonds. The van der Waals surface area contributed by atoms with E-state index in [0.717, 1.165) is 22.6 Å². The molecular weight excluding hydrogens is 306 g/mol. The van der Waals surface area contributed by atoms with Gasteiger partial charge in [-0.05, 0) is 44.2 Å². The van der Waals surface area contributed by atoms with Crippen molar-refractivity contribution in [1.29, 1.82) is 0 Å². The molecule has 0 bridgehead atoms. The summed E-state index contributed by atoms with van der Waals surface area (Å²) in [5, 5.41) is 9.87. The number of aromatic nitrogens is 3. The molecule has 0 saturated heterocycles. The fraction of sp³-hybridized carbons (Fsp3) is 0.176. The normalized spacial score (nSPS) is 10.5. The van der Waals surface area contributed by atoms with Gasteiger partial charge >= 0.3 is 0 Å². The zero-order chi connectivity index (χ0) is 17.1. The number of amides is 1. The van der Waals surface area contributed by atoms with Gasteiger partial charge in [0, 0.05) is 24.5 Å². The summed E-state index contributed by atoms with van der Waals surface area (Å²) in [7, 11) is 0. The molecule has 3 rings (SSSR count). The average Bonchev–Trinajstić information content (AvgIpc) is 2.88. The van der Waals surface area contributed by atoms with E-state index in [-0.39, 0.29) is 5.91 Å². The van der Waals surface area contributed by atoms with E-state index in [1.807, 2.05) is 38.1 Å². The van der Waals surface area contributed by atoms with Crippen LogP contribution >= 0.6 is 0 Å². The van der Waals surface area contributed by atoms with Gasteiger partial charge < -0.3 is 15.2 Å². The second-order valence-corrected chi connectivity index (χ2v) is 5.35. The predicted octanol–water partition coefficient (Wildman–Crippen LogP) is 3.45. The van der Waals surface area contributed by atoms with E-state index in [1.54, 1.807) is 12.3 Å². The van der Waals surface area contributed by atoms with Crippen LogP contribution in [0.25, 0.3) is 11.4 Å². The lowest BCUT2D eigenvalue weighted by Gasteiger charge is -2.08. The number of carbonyl (C=O) groups excluding carboxylic acids is 1. The Morgan fingerprint density at radius 3 is 2.42 bits per heavy atom. The molecule has 1 aromatic carbocycles. The zero-order valence-corrected chi connectivity index (χ0v) is 13.6. The molecule has 0 aliphatic carbocycles. The van der Waals surface area contributed by atoms with Crippen LogP contribution < -0.4 is 10.6 Å². The van der Waals surface area contributed by atoms with Gasteiger partial charge in [-0.15, -0.1) is 0 Å². The number of hydrogen-bond acceptors (Lipinski definition) is 6. The van der Waals surface area contributed by atoms with Gasteiger partial charge in [0.2, 0.25) is 5.91 Å². The third kappa shape index (κ3) is 3.40. The summed E-state index contributed by atoms with van der Waals surface area (Å²) in [5.41, 5.74) is 3.16. The summed E-state index contributed by atoms with van der Waals surface area (Å²) in [6.07, 6.45) is 1.68. The number of benzene rings is 1. The highest BCUT2D eigenvalue weighted by Crippen LogP contribution is 2.25. The van der Waals surface area contributed by atoms with Crippen LogP contribution in [0.15, 0.2) is 41.1 Å². The third-order valence-corrected chi connectivity index (χ3v) is 3.39. The molecule has 0 unspecified atom stereocenters. The van der Waals surface area contributed by atoms with Gasteiger partial charge in [-0.3, -0.25) is 4.79 Å². The molecule has 3 aromatic rings. The van der Waals surface area contributed by atoms with Crippen LogP contribution in [0.2, 0.25) is 0 Å². The van der Waals surface area contributed by atoms with Gasteiger partial charge in [-0.2, -0.15) is 0 Å².